The van der Waals surface area contributed by atoms with E-state index in [9.17, 15) is 0 Å². The summed E-state index contributed by atoms with van der Waals surface area (Å²) >= 11 is 1.75. The molecule has 2 aromatic rings. The van der Waals surface area contributed by atoms with Crippen molar-refractivity contribution in [2.24, 2.45) is 0 Å². The Kier molecular flexibility index (Phi) is 4.79. The van der Waals surface area contributed by atoms with Gasteiger partial charge < -0.3 is 9.30 Å². The Labute approximate surface area is 141 Å². The number of nitrogens with zero attached hydrogens (tertiary/aromatic N) is 5. The molecule has 23 heavy (non-hydrogen) atoms. The topological polar surface area (TPSA) is 56.1 Å². The molecular weight excluding hydrogens is 310 g/mol. The first kappa shape index (κ1) is 16.5. The largest absolute Gasteiger partial charge is 0.368 e. The van der Waals surface area contributed by atoms with Gasteiger partial charge in [0, 0.05) is 30.4 Å². The van der Waals surface area contributed by atoms with E-state index >= 15 is 0 Å². The minimum absolute atomic E-state index is 0.00625. The van der Waals surface area contributed by atoms with Crippen LogP contribution < -0.4 is 0 Å². The van der Waals surface area contributed by atoms with Gasteiger partial charge in [-0.05, 0) is 6.92 Å². The molecule has 6 nitrogen and oxygen atoms in total. The number of hydrogen-bond donors (Lipinski definition) is 0. The van der Waals surface area contributed by atoms with Crippen molar-refractivity contribution >= 4 is 11.3 Å². The van der Waals surface area contributed by atoms with Crippen LogP contribution in [0.3, 0.4) is 0 Å². The zero-order valence-electron chi connectivity index (χ0n) is 14.3. The molecule has 0 saturated carbocycles. The lowest BCUT2D eigenvalue weighted by Crippen LogP contribution is -2.38. The summed E-state index contributed by atoms with van der Waals surface area (Å²) in [6, 6.07) is 0. The Morgan fingerprint density at radius 2 is 2.22 bits per heavy atom. The minimum atomic E-state index is -0.00625. The number of thiazole rings is 1. The molecule has 0 radical (unpaired) electrons. The van der Waals surface area contributed by atoms with Crippen molar-refractivity contribution < 1.29 is 4.74 Å². The summed E-state index contributed by atoms with van der Waals surface area (Å²) in [5, 5.41) is 11.6. The molecular formula is C16H25N5OS. The van der Waals surface area contributed by atoms with E-state index in [-0.39, 0.29) is 11.5 Å². The summed E-state index contributed by atoms with van der Waals surface area (Å²) in [6.07, 6.45) is 1.77. The number of aromatic nitrogens is 4. The van der Waals surface area contributed by atoms with E-state index in [0.29, 0.717) is 0 Å². The molecule has 2 aromatic heterocycles. The molecule has 3 rings (SSSR count). The van der Waals surface area contributed by atoms with Crippen molar-refractivity contribution in [3.63, 3.8) is 0 Å². The van der Waals surface area contributed by atoms with Crippen LogP contribution in [0.1, 0.15) is 50.3 Å². The standard InChI is InChI=1S/C16H25N5OS/c1-5-21-11-17-19-15(21)12-8-20(6-7-22-12)9-14-18-13(10-23-14)16(2,3)4/h10-12H,5-9H2,1-4H3/t12-/m1/s1. The van der Waals surface area contributed by atoms with Crippen LogP contribution in [0.25, 0.3) is 0 Å². The predicted molar refractivity (Wildman–Crippen MR) is 90.5 cm³/mol. The van der Waals surface area contributed by atoms with Crippen molar-refractivity contribution in [3.8, 4) is 0 Å². The molecule has 0 spiro atoms. The maximum Gasteiger partial charge on any atom is 0.163 e. The number of hydrogen-bond acceptors (Lipinski definition) is 6. The average molecular weight is 335 g/mol. The first-order chi connectivity index (χ1) is 11.0. The molecule has 0 aliphatic carbocycles. The summed E-state index contributed by atoms with van der Waals surface area (Å²) < 4.78 is 7.96. The molecule has 1 atom stereocenters. The third-order valence-corrected chi connectivity index (χ3v) is 4.94. The van der Waals surface area contributed by atoms with Gasteiger partial charge in [-0.15, -0.1) is 21.5 Å². The van der Waals surface area contributed by atoms with Crippen LogP contribution >= 0.6 is 11.3 Å². The first-order valence-electron chi connectivity index (χ1n) is 8.14. The summed E-state index contributed by atoms with van der Waals surface area (Å²) in [5.41, 5.74) is 1.29. The van der Waals surface area contributed by atoms with Crippen molar-refractivity contribution in [1.29, 1.82) is 0 Å². The van der Waals surface area contributed by atoms with Gasteiger partial charge in [0.2, 0.25) is 0 Å². The minimum Gasteiger partial charge on any atom is -0.368 e. The van der Waals surface area contributed by atoms with Gasteiger partial charge in [-0.2, -0.15) is 0 Å². The van der Waals surface area contributed by atoms with Crippen LogP contribution in [0.15, 0.2) is 11.7 Å². The van der Waals surface area contributed by atoms with Gasteiger partial charge in [-0.25, -0.2) is 4.98 Å². The zero-order chi connectivity index (χ0) is 16.4. The van der Waals surface area contributed by atoms with E-state index in [0.717, 1.165) is 38.6 Å². The SMILES string of the molecule is CCn1cnnc1[C@H]1CN(Cc2nc(C(C)(C)C)cs2)CCO1. The van der Waals surface area contributed by atoms with Crippen LogP contribution in [0.5, 0.6) is 0 Å². The molecule has 0 aromatic carbocycles. The van der Waals surface area contributed by atoms with Crippen LogP contribution in [0.4, 0.5) is 0 Å². The molecule has 1 aliphatic rings. The molecule has 1 aliphatic heterocycles. The van der Waals surface area contributed by atoms with Gasteiger partial charge in [-0.3, -0.25) is 4.90 Å². The van der Waals surface area contributed by atoms with E-state index in [1.165, 1.54) is 10.7 Å². The maximum atomic E-state index is 5.91. The number of morpholine rings is 1. The van der Waals surface area contributed by atoms with E-state index in [1.807, 2.05) is 0 Å². The van der Waals surface area contributed by atoms with E-state index < -0.39 is 0 Å². The average Bonchev–Trinajstić information content (AvgIpc) is 3.15. The van der Waals surface area contributed by atoms with Crippen molar-refractivity contribution in [1.82, 2.24) is 24.6 Å². The fourth-order valence-electron chi connectivity index (χ4n) is 2.68. The highest BCUT2D eigenvalue weighted by Crippen LogP contribution is 2.26. The second-order valence-corrected chi connectivity index (χ2v) is 7.89. The Morgan fingerprint density at radius 1 is 1.39 bits per heavy atom. The van der Waals surface area contributed by atoms with E-state index in [1.54, 1.807) is 17.7 Å². The van der Waals surface area contributed by atoms with E-state index in [4.69, 9.17) is 9.72 Å². The second kappa shape index (κ2) is 6.67. The van der Waals surface area contributed by atoms with Crippen molar-refractivity contribution in [3.05, 3.63) is 28.2 Å². The molecule has 1 saturated heterocycles. The number of ether oxygens (including phenoxy) is 1. The second-order valence-electron chi connectivity index (χ2n) is 6.95. The smallest absolute Gasteiger partial charge is 0.163 e. The van der Waals surface area contributed by atoms with Crippen LogP contribution in [0, 0.1) is 0 Å². The summed E-state index contributed by atoms with van der Waals surface area (Å²) in [5.74, 6) is 0.923. The third kappa shape index (κ3) is 3.79. The highest BCUT2D eigenvalue weighted by atomic mass is 32.1. The monoisotopic (exact) mass is 335 g/mol. The Bertz CT molecular complexity index is 645. The van der Waals surface area contributed by atoms with Crippen LogP contribution in [0.2, 0.25) is 0 Å². The lowest BCUT2D eigenvalue weighted by molar-refractivity contribution is -0.0389. The fourth-order valence-corrected chi connectivity index (χ4v) is 3.74. The first-order valence-corrected chi connectivity index (χ1v) is 9.02. The quantitative estimate of drug-likeness (QED) is 0.860. The lowest BCUT2D eigenvalue weighted by atomic mass is 9.93. The molecule has 7 heteroatoms. The van der Waals surface area contributed by atoms with Crippen LogP contribution in [-0.4, -0.2) is 44.3 Å². The highest BCUT2D eigenvalue weighted by molar-refractivity contribution is 7.09. The number of rotatable bonds is 4. The zero-order valence-corrected chi connectivity index (χ0v) is 15.1. The molecule has 3 heterocycles. The Balaban J connectivity index is 1.66. The molecule has 0 bridgehead atoms. The molecule has 126 valence electrons. The van der Waals surface area contributed by atoms with Gasteiger partial charge in [0.05, 0.1) is 18.8 Å². The van der Waals surface area contributed by atoms with Crippen molar-refractivity contribution in [2.75, 3.05) is 19.7 Å². The molecule has 0 amide bonds. The molecule has 1 fully saturated rings. The highest BCUT2D eigenvalue weighted by Gasteiger charge is 2.27. The van der Waals surface area contributed by atoms with Crippen molar-refractivity contribution in [2.45, 2.75) is 52.3 Å². The molecule has 0 N–H and O–H groups in total. The summed E-state index contributed by atoms with van der Waals surface area (Å²) in [6.45, 7) is 12.9. The normalized spacial score (nSPS) is 20.1. The summed E-state index contributed by atoms with van der Waals surface area (Å²) in [4.78, 5) is 7.20. The van der Waals surface area contributed by atoms with E-state index in [2.05, 4.69) is 52.7 Å². The number of aryl methyl sites for hydroxylation is 1. The van der Waals surface area contributed by atoms with Crippen LogP contribution in [-0.2, 0) is 23.2 Å². The van der Waals surface area contributed by atoms with Gasteiger partial charge >= 0.3 is 0 Å². The van der Waals surface area contributed by atoms with Gasteiger partial charge in [0.15, 0.2) is 5.82 Å². The maximum absolute atomic E-state index is 5.91. The van der Waals surface area contributed by atoms with Gasteiger partial charge in [0.1, 0.15) is 17.4 Å². The lowest BCUT2D eigenvalue weighted by Gasteiger charge is -2.31. The van der Waals surface area contributed by atoms with Gasteiger partial charge in [0.25, 0.3) is 0 Å². The predicted octanol–water partition coefficient (Wildman–Crippen LogP) is 2.63. The molecule has 0 unspecified atom stereocenters. The summed E-state index contributed by atoms with van der Waals surface area (Å²) in [7, 11) is 0. The Morgan fingerprint density at radius 3 is 2.91 bits per heavy atom. The fraction of sp³-hybridized carbons (Fsp3) is 0.688. The Hall–Kier alpha value is -1.31. The third-order valence-electron chi connectivity index (χ3n) is 4.10. The van der Waals surface area contributed by atoms with Gasteiger partial charge in [-0.1, -0.05) is 20.8 Å².